The fourth-order valence-corrected chi connectivity index (χ4v) is 8.34. The fraction of sp³-hybridized carbons (Fsp3) is 0.159. The third-order valence-corrected chi connectivity index (χ3v) is 10.9. The van der Waals surface area contributed by atoms with Crippen LogP contribution >= 0.6 is 0 Å². The Labute approximate surface area is 275 Å². The molecular weight excluding hydrogens is 574 g/mol. The average Bonchev–Trinajstić information content (AvgIpc) is 3.44. The lowest BCUT2D eigenvalue weighted by Crippen LogP contribution is -2.31. The monoisotopic (exact) mass is 609 g/mol. The first-order chi connectivity index (χ1) is 22.6. The lowest BCUT2D eigenvalue weighted by atomic mass is 9.72. The van der Waals surface area contributed by atoms with Crippen molar-refractivity contribution < 1.29 is 9.90 Å². The molecule has 6 aromatic rings. The first kappa shape index (κ1) is 28.0. The SMILES string of the molecule is CC1(C)c2cc(/C=C3/C(=O)c4cc5ccccc5cc4C3O)ccc2-c2cc3c(cc21)N(c1ccccc1)c1ccccc1C3(C)C. The zero-order chi connectivity index (χ0) is 32.2. The van der Waals surface area contributed by atoms with Gasteiger partial charge in [-0.2, -0.15) is 0 Å². The van der Waals surface area contributed by atoms with E-state index in [0.29, 0.717) is 16.7 Å². The maximum Gasteiger partial charge on any atom is 0.192 e. The molecule has 1 unspecified atom stereocenters. The van der Waals surface area contributed by atoms with Gasteiger partial charge in [0, 0.05) is 27.7 Å². The molecular formula is C44H35NO2. The van der Waals surface area contributed by atoms with E-state index >= 15 is 0 Å². The molecule has 6 aromatic carbocycles. The van der Waals surface area contributed by atoms with E-state index in [2.05, 4.69) is 118 Å². The highest BCUT2D eigenvalue weighted by molar-refractivity contribution is 6.18. The molecule has 0 spiro atoms. The summed E-state index contributed by atoms with van der Waals surface area (Å²) < 4.78 is 0. The summed E-state index contributed by atoms with van der Waals surface area (Å²) in [7, 11) is 0. The Kier molecular flexibility index (Phi) is 5.74. The van der Waals surface area contributed by atoms with Crippen LogP contribution in [-0.2, 0) is 10.8 Å². The number of Topliss-reactive ketones (excluding diaryl/α,β-unsaturated/α-hetero) is 1. The van der Waals surface area contributed by atoms with Gasteiger partial charge in [-0.05, 0) is 104 Å². The number of aliphatic hydroxyl groups excluding tert-OH is 1. The van der Waals surface area contributed by atoms with Crippen LogP contribution in [0.3, 0.4) is 0 Å². The lowest BCUT2D eigenvalue weighted by molar-refractivity contribution is 0.102. The number of para-hydroxylation sites is 2. The van der Waals surface area contributed by atoms with Crippen LogP contribution in [0.25, 0.3) is 28.0 Å². The molecule has 9 rings (SSSR count). The lowest BCUT2D eigenvalue weighted by Gasteiger charge is -2.42. The van der Waals surface area contributed by atoms with Crippen molar-refractivity contribution >= 4 is 39.7 Å². The van der Waals surface area contributed by atoms with Crippen LogP contribution in [0.2, 0.25) is 0 Å². The highest BCUT2D eigenvalue weighted by Gasteiger charge is 2.42. The number of rotatable bonds is 2. The molecule has 3 heteroatoms. The maximum atomic E-state index is 13.6. The summed E-state index contributed by atoms with van der Waals surface area (Å²) in [5.74, 6) is -0.100. The van der Waals surface area contributed by atoms with Crippen LogP contribution in [0, 0.1) is 0 Å². The van der Waals surface area contributed by atoms with E-state index < -0.39 is 6.10 Å². The smallest absolute Gasteiger partial charge is 0.192 e. The molecule has 228 valence electrons. The average molecular weight is 610 g/mol. The number of anilines is 3. The number of ketones is 1. The minimum Gasteiger partial charge on any atom is -0.383 e. The van der Waals surface area contributed by atoms with Crippen molar-refractivity contribution in [1.82, 2.24) is 0 Å². The number of carbonyl (C=O) groups excluding carboxylic acids is 1. The largest absolute Gasteiger partial charge is 0.383 e. The minimum atomic E-state index is -0.944. The number of hydrogen-bond donors (Lipinski definition) is 1. The Balaban J connectivity index is 1.17. The number of carbonyl (C=O) groups is 1. The predicted octanol–water partition coefficient (Wildman–Crippen LogP) is 10.6. The van der Waals surface area contributed by atoms with E-state index in [-0.39, 0.29) is 16.6 Å². The topological polar surface area (TPSA) is 40.5 Å². The first-order valence-corrected chi connectivity index (χ1v) is 16.4. The number of hydrogen-bond acceptors (Lipinski definition) is 3. The third-order valence-electron chi connectivity index (χ3n) is 10.9. The number of benzene rings is 6. The van der Waals surface area contributed by atoms with Gasteiger partial charge in [-0.1, -0.05) is 107 Å². The first-order valence-electron chi connectivity index (χ1n) is 16.4. The van der Waals surface area contributed by atoms with Crippen LogP contribution in [0.15, 0.2) is 127 Å². The van der Waals surface area contributed by atoms with Crippen molar-refractivity contribution in [1.29, 1.82) is 0 Å². The molecule has 0 aromatic heterocycles. The second-order valence-electron chi connectivity index (χ2n) is 14.3. The summed E-state index contributed by atoms with van der Waals surface area (Å²) in [6.07, 6.45) is 0.943. The number of aliphatic hydroxyl groups is 1. The van der Waals surface area contributed by atoms with Gasteiger partial charge in [0.05, 0.1) is 11.4 Å². The van der Waals surface area contributed by atoms with Gasteiger partial charge in [-0.15, -0.1) is 0 Å². The van der Waals surface area contributed by atoms with E-state index in [1.54, 1.807) is 0 Å². The van der Waals surface area contributed by atoms with Crippen molar-refractivity contribution in [3.63, 3.8) is 0 Å². The minimum absolute atomic E-state index is 0.100. The Morgan fingerprint density at radius 1 is 0.596 bits per heavy atom. The summed E-state index contributed by atoms with van der Waals surface area (Å²) in [6, 6.07) is 42.6. The van der Waals surface area contributed by atoms with Gasteiger partial charge in [0.2, 0.25) is 0 Å². The Hall–Kier alpha value is -5.25. The van der Waals surface area contributed by atoms with Gasteiger partial charge in [-0.3, -0.25) is 4.79 Å². The van der Waals surface area contributed by atoms with Crippen molar-refractivity contribution in [3.05, 3.63) is 166 Å². The number of nitrogens with zero attached hydrogens (tertiary/aromatic N) is 1. The van der Waals surface area contributed by atoms with Gasteiger partial charge < -0.3 is 10.0 Å². The normalized spacial score (nSPS) is 18.9. The zero-order valence-corrected chi connectivity index (χ0v) is 27.0. The molecule has 1 N–H and O–H groups in total. The fourth-order valence-electron chi connectivity index (χ4n) is 8.34. The molecule has 47 heavy (non-hydrogen) atoms. The van der Waals surface area contributed by atoms with Crippen molar-refractivity contribution in [2.75, 3.05) is 4.90 Å². The Bertz CT molecular complexity index is 2340. The van der Waals surface area contributed by atoms with Gasteiger partial charge in [0.25, 0.3) is 0 Å². The van der Waals surface area contributed by atoms with Gasteiger partial charge in [-0.25, -0.2) is 0 Å². The van der Waals surface area contributed by atoms with Crippen molar-refractivity contribution in [2.45, 2.75) is 44.6 Å². The van der Waals surface area contributed by atoms with Crippen LogP contribution in [0.1, 0.15) is 77.5 Å². The molecule has 0 saturated heterocycles. The van der Waals surface area contributed by atoms with Crippen LogP contribution in [0.5, 0.6) is 0 Å². The third kappa shape index (κ3) is 3.87. The molecule has 2 aliphatic carbocycles. The Morgan fingerprint density at radius 3 is 2.04 bits per heavy atom. The van der Waals surface area contributed by atoms with Crippen LogP contribution in [0.4, 0.5) is 17.1 Å². The van der Waals surface area contributed by atoms with Crippen molar-refractivity contribution in [3.8, 4) is 11.1 Å². The zero-order valence-electron chi connectivity index (χ0n) is 27.0. The standard InChI is InChI=1S/C44H35NO2/c1-43(2)35-16-10-11-17-39(35)45(29-14-6-5-7-15-29)40-25-37-31(24-38(40)43)30-19-18-26(21-36(30)44(37,3)4)20-34-41(46)32-22-27-12-8-9-13-28(27)23-33(32)42(34)47/h5-25,41,46H,1-4H3/b34-20+. The summed E-state index contributed by atoms with van der Waals surface area (Å²) >= 11 is 0. The second-order valence-corrected chi connectivity index (χ2v) is 14.3. The molecule has 3 nitrogen and oxygen atoms in total. The van der Waals surface area contributed by atoms with Crippen LogP contribution in [-0.4, -0.2) is 10.9 Å². The summed E-state index contributed by atoms with van der Waals surface area (Å²) in [6.45, 7) is 9.26. The summed E-state index contributed by atoms with van der Waals surface area (Å²) in [4.78, 5) is 16.0. The van der Waals surface area contributed by atoms with E-state index in [0.717, 1.165) is 22.0 Å². The Morgan fingerprint density at radius 2 is 1.26 bits per heavy atom. The molecule has 3 aliphatic rings. The van der Waals surface area contributed by atoms with Crippen molar-refractivity contribution in [2.24, 2.45) is 0 Å². The molecule has 0 bridgehead atoms. The molecule has 1 atom stereocenters. The van der Waals surface area contributed by atoms with Gasteiger partial charge >= 0.3 is 0 Å². The maximum absolute atomic E-state index is 13.6. The molecule has 0 amide bonds. The molecule has 1 aliphatic heterocycles. The highest BCUT2D eigenvalue weighted by Crippen LogP contribution is 2.57. The van der Waals surface area contributed by atoms with E-state index in [1.807, 2.05) is 42.5 Å². The molecule has 0 fully saturated rings. The second kappa shape index (κ2) is 9.63. The quantitative estimate of drug-likeness (QED) is 0.199. The van der Waals surface area contributed by atoms with Gasteiger partial charge in [0.15, 0.2) is 5.78 Å². The number of fused-ring (bicyclic) bond motifs is 7. The van der Waals surface area contributed by atoms with E-state index in [9.17, 15) is 9.90 Å². The highest BCUT2D eigenvalue weighted by atomic mass is 16.3. The van der Waals surface area contributed by atoms with Crippen LogP contribution < -0.4 is 4.90 Å². The molecule has 1 heterocycles. The molecule has 0 radical (unpaired) electrons. The van der Waals surface area contributed by atoms with Gasteiger partial charge in [0.1, 0.15) is 6.10 Å². The summed E-state index contributed by atoms with van der Waals surface area (Å²) in [5.41, 5.74) is 13.4. The molecule has 0 saturated carbocycles. The van der Waals surface area contributed by atoms with E-state index in [1.165, 1.54) is 44.8 Å². The predicted molar refractivity (Wildman–Crippen MR) is 192 cm³/mol. The summed E-state index contributed by atoms with van der Waals surface area (Å²) in [5, 5.41) is 13.4. The van der Waals surface area contributed by atoms with E-state index in [4.69, 9.17) is 0 Å².